The van der Waals surface area contributed by atoms with Gasteiger partial charge in [-0.05, 0) is 31.9 Å². The van der Waals surface area contributed by atoms with E-state index in [1.54, 1.807) is 30.6 Å². The van der Waals surface area contributed by atoms with Crippen LogP contribution in [0.1, 0.15) is 29.2 Å². The smallest absolute Gasteiger partial charge is 0.242 e. The maximum Gasteiger partial charge on any atom is 0.242 e. The highest BCUT2D eigenvalue weighted by Crippen LogP contribution is 2.17. The maximum atomic E-state index is 12.9. The Labute approximate surface area is 166 Å². The highest BCUT2D eigenvalue weighted by atomic mass is 32.2. The van der Waals surface area contributed by atoms with Crippen LogP contribution in [0.3, 0.4) is 0 Å². The van der Waals surface area contributed by atoms with Crippen molar-refractivity contribution in [2.75, 3.05) is 12.8 Å². The molecule has 0 aliphatic carbocycles. The zero-order chi connectivity index (χ0) is 19.8. The van der Waals surface area contributed by atoms with Gasteiger partial charge in [0.1, 0.15) is 6.04 Å². The summed E-state index contributed by atoms with van der Waals surface area (Å²) in [6.07, 6.45) is 0. The molecule has 0 aliphatic rings. The van der Waals surface area contributed by atoms with Crippen molar-refractivity contribution in [1.29, 1.82) is 0 Å². The summed E-state index contributed by atoms with van der Waals surface area (Å²) in [5.41, 5.74) is 4.59. The topological polar surface area (TPSA) is 49.4 Å². The van der Waals surface area contributed by atoms with Crippen LogP contribution >= 0.6 is 11.8 Å². The molecule has 144 valence electrons. The molecule has 2 amide bonds. The molecule has 2 aromatic carbocycles. The van der Waals surface area contributed by atoms with E-state index in [0.717, 1.165) is 16.9 Å². The van der Waals surface area contributed by atoms with E-state index in [-0.39, 0.29) is 11.8 Å². The number of hydrogen-bond donors (Lipinski definition) is 1. The summed E-state index contributed by atoms with van der Waals surface area (Å²) in [4.78, 5) is 26.7. The van der Waals surface area contributed by atoms with Gasteiger partial charge in [0.15, 0.2) is 0 Å². The minimum atomic E-state index is -0.511. The van der Waals surface area contributed by atoms with Crippen LogP contribution in [0.4, 0.5) is 0 Å². The van der Waals surface area contributed by atoms with E-state index >= 15 is 0 Å². The van der Waals surface area contributed by atoms with E-state index in [0.29, 0.717) is 12.3 Å². The van der Waals surface area contributed by atoms with Gasteiger partial charge in [-0.2, -0.15) is 0 Å². The Kier molecular flexibility index (Phi) is 7.92. The van der Waals surface area contributed by atoms with Crippen molar-refractivity contribution >= 4 is 23.6 Å². The second-order valence-corrected chi connectivity index (χ2v) is 7.77. The molecule has 1 N–H and O–H groups in total. The quantitative estimate of drug-likeness (QED) is 0.755. The number of nitrogens with zero attached hydrogens (tertiary/aromatic N) is 1. The van der Waals surface area contributed by atoms with Crippen LogP contribution in [0, 0.1) is 13.8 Å². The molecule has 0 radical (unpaired) electrons. The molecule has 1 atom stereocenters. The number of carbonyl (C=O) groups excluding carboxylic acids is 2. The van der Waals surface area contributed by atoms with E-state index < -0.39 is 6.04 Å². The third-order valence-corrected chi connectivity index (χ3v) is 5.41. The van der Waals surface area contributed by atoms with Gasteiger partial charge in [-0.25, -0.2) is 0 Å². The summed E-state index contributed by atoms with van der Waals surface area (Å²) in [5, 5.41) is 2.65. The van der Waals surface area contributed by atoms with Crippen molar-refractivity contribution in [3.8, 4) is 0 Å². The van der Waals surface area contributed by atoms with Crippen molar-refractivity contribution in [1.82, 2.24) is 10.2 Å². The summed E-state index contributed by atoms with van der Waals surface area (Å²) >= 11 is 1.58. The molecule has 5 heteroatoms. The van der Waals surface area contributed by atoms with Gasteiger partial charge in [0.25, 0.3) is 0 Å². The average Bonchev–Trinajstić information content (AvgIpc) is 2.65. The number of likely N-dealkylation sites (N-methyl/N-ethyl adjacent to an activating group) is 1. The van der Waals surface area contributed by atoms with Gasteiger partial charge in [-0.1, -0.05) is 59.7 Å². The third kappa shape index (κ3) is 6.43. The standard InChI is InChI=1S/C22H28N2O2S/c1-16-7-5-9-19(11-16)13-24(18(3)22(26)23-4)21(25)15-27-14-20-10-6-8-17(2)12-20/h5-12,18H,13-15H2,1-4H3,(H,23,26)/t18-/m1/s1. The fourth-order valence-electron chi connectivity index (χ4n) is 2.94. The molecule has 27 heavy (non-hydrogen) atoms. The minimum Gasteiger partial charge on any atom is -0.357 e. The van der Waals surface area contributed by atoms with E-state index in [1.165, 1.54) is 11.1 Å². The van der Waals surface area contributed by atoms with Crippen molar-refractivity contribution in [3.63, 3.8) is 0 Å². The first kappa shape index (κ1) is 21.0. The molecule has 0 spiro atoms. The fraction of sp³-hybridized carbons (Fsp3) is 0.364. The van der Waals surface area contributed by atoms with Crippen LogP contribution < -0.4 is 5.32 Å². The zero-order valence-corrected chi connectivity index (χ0v) is 17.3. The van der Waals surface area contributed by atoms with Crippen molar-refractivity contribution in [2.24, 2.45) is 0 Å². The first-order valence-corrected chi connectivity index (χ1v) is 10.3. The number of rotatable bonds is 8. The number of aryl methyl sites for hydroxylation is 2. The Morgan fingerprint density at radius 3 is 2.22 bits per heavy atom. The molecule has 0 fully saturated rings. The number of thioether (sulfide) groups is 1. The van der Waals surface area contributed by atoms with Crippen molar-refractivity contribution in [2.45, 2.75) is 39.1 Å². The monoisotopic (exact) mass is 384 g/mol. The molecule has 0 saturated carbocycles. The number of amides is 2. The van der Waals surface area contributed by atoms with Gasteiger partial charge in [-0.3, -0.25) is 9.59 Å². The number of carbonyl (C=O) groups is 2. The van der Waals surface area contributed by atoms with Crippen LogP contribution in [0.5, 0.6) is 0 Å². The van der Waals surface area contributed by atoms with E-state index in [4.69, 9.17) is 0 Å². The van der Waals surface area contributed by atoms with E-state index in [1.807, 2.05) is 31.2 Å². The van der Waals surface area contributed by atoms with Gasteiger partial charge >= 0.3 is 0 Å². The number of hydrogen-bond acceptors (Lipinski definition) is 3. The third-order valence-electron chi connectivity index (χ3n) is 4.43. The molecule has 0 aromatic heterocycles. The Morgan fingerprint density at radius 1 is 1.04 bits per heavy atom. The van der Waals surface area contributed by atoms with Crippen LogP contribution in [0.25, 0.3) is 0 Å². The van der Waals surface area contributed by atoms with E-state index in [2.05, 4.69) is 36.5 Å². The largest absolute Gasteiger partial charge is 0.357 e. The summed E-state index contributed by atoms with van der Waals surface area (Å²) in [6.45, 7) is 6.29. The minimum absolute atomic E-state index is 0.0229. The molecule has 0 heterocycles. The van der Waals surface area contributed by atoms with Crippen molar-refractivity contribution in [3.05, 3.63) is 70.8 Å². The fourth-order valence-corrected chi connectivity index (χ4v) is 3.80. The second-order valence-electron chi connectivity index (χ2n) is 6.78. The first-order valence-electron chi connectivity index (χ1n) is 9.10. The van der Waals surface area contributed by atoms with Gasteiger partial charge in [0.2, 0.25) is 11.8 Å². The highest BCUT2D eigenvalue weighted by molar-refractivity contribution is 7.99. The van der Waals surface area contributed by atoms with Gasteiger partial charge < -0.3 is 10.2 Å². The SMILES string of the molecule is CNC(=O)[C@@H](C)N(Cc1cccc(C)c1)C(=O)CSCc1cccc(C)c1. The average molecular weight is 385 g/mol. The Morgan fingerprint density at radius 2 is 1.63 bits per heavy atom. The van der Waals surface area contributed by atoms with Gasteiger partial charge in [-0.15, -0.1) is 11.8 Å². The predicted octanol–water partition coefficient (Wildman–Crippen LogP) is 3.70. The molecule has 0 bridgehead atoms. The van der Waals surface area contributed by atoms with E-state index in [9.17, 15) is 9.59 Å². The molecule has 0 saturated heterocycles. The van der Waals surface area contributed by atoms with Crippen LogP contribution in [-0.4, -0.2) is 35.6 Å². The van der Waals surface area contributed by atoms with Gasteiger partial charge in [0.05, 0.1) is 5.75 Å². The Hall–Kier alpha value is -2.27. The van der Waals surface area contributed by atoms with Crippen LogP contribution in [0.2, 0.25) is 0 Å². The molecule has 0 aliphatic heterocycles. The summed E-state index contributed by atoms with van der Waals surface area (Å²) in [5.74, 6) is 0.950. The molecule has 0 unspecified atom stereocenters. The van der Waals surface area contributed by atoms with Crippen LogP contribution in [0.15, 0.2) is 48.5 Å². The lowest BCUT2D eigenvalue weighted by Gasteiger charge is -2.28. The second kappa shape index (κ2) is 10.2. The molecular weight excluding hydrogens is 356 g/mol. The van der Waals surface area contributed by atoms with Crippen LogP contribution in [-0.2, 0) is 21.9 Å². The van der Waals surface area contributed by atoms with Gasteiger partial charge in [0, 0.05) is 19.3 Å². The predicted molar refractivity (Wildman–Crippen MR) is 113 cm³/mol. The Balaban J connectivity index is 2.04. The zero-order valence-electron chi connectivity index (χ0n) is 16.5. The lowest BCUT2D eigenvalue weighted by molar-refractivity contribution is -0.138. The van der Waals surface area contributed by atoms with Crippen molar-refractivity contribution < 1.29 is 9.59 Å². The molecule has 2 aromatic rings. The number of benzene rings is 2. The lowest BCUT2D eigenvalue weighted by Crippen LogP contribution is -2.47. The lowest BCUT2D eigenvalue weighted by atomic mass is 10.1. The summed E-state index contributed by atoms with van der Waals surface area (Å²) in [6, 6.07) is 15.8. The number of nitrogens with one attached hydrogen (secondary N) is 1. The maximum absolute atomic E-state index is 12.9. The Bertz CT molecular complexity index is 791. The normalized spacial score (nSPS) is 11.7. The molecular formula is C22H28N2O2S. The summed E-state index contributed by atoms with van der Waals surface area (Å²) < 4.78 is 0. The first-order chi connectivity index (χ1) is 12.9. The highest BCUT2D eigenvalue weighted by Gasteiger charge is 2.25. The summed E-state index contributed by atoms with van der Waals surface area (Å²) in [7, 11) is 1.60. The molecule has 4 nitrogen and oxygen atoms in total. The molecule has 2 rings (SSSR count).